The van der Waals surface area contributed by atoms with E-state index in [-0.39, 0.29) is 31.8 Å². The van der Waals surface area contributed by atoms with Gasteiger partial charge in [-0.1, -0.05) is 11.8 Å². The lowest BCUT2D eigenvalue weighted by Gasteiger charge is -2.11. The Morgan fingerprint density at radius 3 is 2.56 bits per heavy atom. The van der Waals surface area contributed by atoms with E-state index in [2.05, 4.69) is 10.6 Å². The summed E-state index contributed by atoms with van der Waals surface area (Å²) in [5.41, 5.74) is 0.383. The number of rotatable bonds is 9. The van der Waals surface area contributed by atoms with Crippen LogP contribution in [0.2, 0.25) is 0 Å². The number of thioether (sulfide) groups is 1. The van der Waals surface area contributed by atoms with Crippen molar-refractivity contribution in [2.45, 2.75) is 23.5 Å². The van der Waals surface area contributed by atoms with E-state index in [1.165, 1.54) is 24.3 Å². The van der Waals surface area contributed by atoms with Crippen molar-refractivity contribution in [1.82, 2.24) is 10.2 Å². The number of halogens is 2. The number of imide groups is 1. The Bertz CT molecular complexity index is 699. The van der Waals surface area contributed by atoms with E-state index in [0.29, 0.717) is 22.3 Å². The van der Waals surface area contributed by atoms with Gasteiger partial charge in [0.1, 0.15) is 0 Å². The highest BCUT2D eigenvalue weighted by Gasteiger charge is 2.27. The second-order valence-electron chi connectivity index (χ2n) is 5.42. The Morgan fingerprint density at radius 2 is 1.96 bits per heavy atom. The molecule has 146 valence electrons. The van der Waals surface area contributed by atoms with Crippen molar-refractivity contribution in [2.24, 2.45) is 0 Å². The zero-order valence-electron chi connectivity index (χ0n) is 14.1. The molecule has 1 aliphatic rings. The molecular weight excluding hydrogens is 384 g/mol. The van der Waals surface area contributed by atoms with Gasteiger partial charge in [-0.05, 0) is 30.7 Å². The fraction of sp³-hybridized carbons (Fsp3) is 0.375. The van der Waals surface area contributed by atoms with E-state index in [1.54, 1.807) is 0 Å². The number of carbonyl (C=O) groups excluding carboxylic acids is 4. The number of nitrogens with zero attached hydrogens (tertiary/aromatic N) is 1. The first-order chi connectivity index (χ1) is 12.8. The predicted octanol–water partition coefficient (Wildman–Crippen LogP) is 1.81. The Morgan fingerprint density at radius 1 is 1.26 bits per heavy atom. The third-order valence-corrected chi connectivity index (χ3v) is 4.15. The van der Waals surface area contributed by atoms with Gasteiger partial charge in [0.05, 0.1) is 6.54 Å². The van der Waals surface area contributed by atoms with Crippen LogP contribution in [-0.4, -0.2) is 54.2 Å². The summed E-state index contributed by atoms with van der Waals surface area (Å²) < 4.78 is 29.3. The van der Waals surface area contributed by atoms with Crippen LogP contribution in [-0.2, 0) is 19.1 Å². The van der Waals surface area contributed by atoms with Gasteiger partial charge in [0.25, 0.3) is 11.7 Å². The molecular formula is C16H17F2N3O5S. The SMILES string of the molecule is O=C(COC(=O)CCCN1C(=O)CNC1=O)Nc1ccc(SC(F)F)cc1. The highest BCUT2D eigenvalue weighted by molar-refractivity contribution is 7.99. The van der Waals surface area contributed by atoms with Gasteiger partial charge >= 0.3 is 12.0 Å². The summed E-state index contributed by atoms with van der Waals surface area (Å²) in [4.78, 5) is 47.4. The molecule has 1 fully saturated rings. The van der Waals surface area contributed by atoms with Gasteiger partial charge in [0.15, 0.2) is 6.61 Å². The third kappa shape index (κ3) is 6.85. The smallest absolute Gasteiger partial charge is 0.324 e. The normalized spacial score (nSPS) is 13.7. The van der Waals surface area contributed by atoms with E-state index < -0.39 is 30.3 Å². The molecule has 0 spiro atoms. The van der Waals surface area contributed by atoms with Crippen LogP contribution in [0.25, 0.3) is 0 Å². The maximum Gasteiger partial charge on any atom is 0.324 e. The molecule has 11 heteroatoms. The average molecular weight is 401 g/mol. The van der Waals surface area contributed by atoms with Crippen LogP contribution in [0.4, 0.5) is 19.3 Å². The molecule has 1 aliphatic heterocycles. The molecule has 1 heterocycles. The monoisotopic (exact) mass is 401 g/mol. The molecule has 4 amide bonds. The van der Waals surface area contributed by atoms with Crippen molar-refractivity contribution in [3.05, 3.63) is 24.3 Å². The van der Waals surface area contributed by atoms with Crippen molar-refractivity contribution in [3.63, 3.8) is 0 Å². The topological polar surface area (TPSA) is 105 Å². The molecule has 1 aromatic carbocycles. The molecule has 0 bridgehead atoms. The summed E-state index contributed by atoms with van der Waals surface area (Å²) in [6.07, 6.45) is 0.173. The van der Waals surface area contributed by atoms with Crippen molar-refractivity contribution in [3.8, 4) is 0 Å². The van der Waals surface area contributed by atoms with E-state index >= 15 is 0 Å². The number of urea groups is 1. The fourth-order valence-corrected chi connectivity index (χ4v) is 2.70. The van der Waals surface area contributed by atoms with Crippen LogP contribution in [0.5, 0.6) is 0 Å². The Kier molecular flexibility index (Phi) is 7.53. The summed E-state index contributed by atoms with van der Waals surface area (Å²) in [6.45, 7) is -0.463. The summed E-state index contributed by atoms with van der Waals surface area (Å²) in [7, 11) is 0. The first-order valence-electron chi connectivity index (χ1n) is 7.93. The van der Waals surface area contributed by atoms with Gasteiger partial charge < -0.3 is 15.4 Å². The van der Waals surface area contributed by atoms with Gasteiger partial charge in [0.2, 0.25) is 5.91 Å². The lowest BCUT2D eigenvalue weighted by atomic mass is 10.3. The van der Waals surface area contributed by atoms with Crippen LogP contribution in [0, 0.1) is 0 Å². The van der Waals surface area contributed by atoms with Crippen molar-refractivity contribution in [1.29, 1.82) is 0 Å². The fourth-order valence-electron chi connectivity index (χ4n) is 2.20. The molecule has 0 aromatic heterocycles. The lowest BCUT2D eigenvalue weighted by molar-refractivity contribution is -0.147. The zero-order valence-corrected chi connectivity index (χ0v) is 14.9. The van der Waals surface area contributed by atoms with Crippen LogP contribution in [0.1, 0.15) is 12.8 Å². The van der Waals surface area contributed by atoms with Crippen LogP contribution in [0.3, 0.4) is 0 Å². The number of carbonyl (C=O) groups is 4. The maximum atomic E-state index is 12.2. The highest BCUT2D eigenvalue weighted by atomic mass is 32.2. The molecule has 0 saturated carbocycles. The number of ether oxygens (including phenoxy) is 1. The molecule has 1 saturated heterocycles. The van der Waals surface area contributed by atoms with E-state index in [1.807, 2.05) is 0 Å². The molecule has 2 rings (SSSR count). The number of nitrogens with one attached hydrogen (secondary N) is 2. The highest BCUT2D eigenvalue weighted by Crippen LogP contribution is 2.26. The number of hydrogen-bond acceptors (Lipinski definition) is 6. The molecule has 0 unspecified atom stereocenters. The number of amides is 4. The minimum absolute atomic E-state index is 0.0503. The minimum atomic E-state index is -2.53. The molecule has 27 heavy (non-hydrogen) atoms. The first-order valence-corrected chi connectivity index (χ1v) is 8.81. The molecule has 0 aliphatic carbocycles. The summed E-state index contributed by atoms with van der Waals surface area (Å²) in [5.74, 6) is -4.10. The Balaban J connectivity index is 1.65. The number of alkyl halides is 2. The summed E-state index contributed by atoms with van der Waals surface area (Å²) in [5, 5.41) is 4.83. The standard InChI is InChI=1S/C16H17F2N3O5S/c17-15(18)27-11-5-3-10(4-6-11)20-12(22)9-26-14(24)2-1-7-21-13(23)8-19-16(21)25/h3-6,15H,1-2,7-9H2,(H,19,25)(H,20,22). The van der Waals surface area contributed by atoms with Crippen LogP contribution < -0.4 is 10.6 Å². The largest absolute Gasteiger partial charge is 0.456 e. The second kappa shape index (κ2) is 9.86. The van der Waals surface area contributed by atoms with Gasteiger partial charge in [-0.2, -0.15) is 8.78 Å². The predicted molar refractivity (Wildman–Crippen MR) is 92.2 cm³/mol. The van der Waals surface area contributed by atoms with Crippen molar-refractivity contribution < 1.29 is 32.7 Å². The van der Waals surface area contributed by atoms with Crippen molar-refractivity contribution >= 4 is 41.3 Å². The van der Waals surface area contributed by atoms with Crippen LogP contribution in [0.15, 0.2) is 29.2 Å². The van der Waals surface area contributed by atoms with Gasteiger partial charge in [-0.15, -0.1) is 0 Å². The molecule has 2 N–H and O–H groups in total. The van der Waals surface area contributed by atoms with E-state index in [9.17, 15) is 28.0 Å². The number of hydrogen-bond donors (Lipinski definition) is 2. The third-order valence-electron chi connectivity index (χ3n) is 3.43. The first kappa shape index (κ1) is 20.6. The molecule has 0 radical (unpaired) electrons. The minimum Gasteiger partial charge on any atom is -0.456 e. The number of anilines is 1. The number of benzene rings is 1. The quantitative estimate of drug-likeness (QED) is 0.372. The van der Waals surface area contributed by atoms with Gasteiger partial charge in [-0.25, -0.2) is 4.79 Å². The van der Waals surface area contributed by atoms with E-state index in [0.717, 1.165) is 4.90 Å². The van der Waals surface area contributed by atoms with Gasteiger partial charge in [-0.3, -0.25) is 19.3 Å². The Hall–Kier alpha value is -2.69. The lowest BCUT2D eigenvalue weighted by Crippen LogP contribution is -2.32. The average Bonchev–Trinajstić information content (AvgIpc) is 2.93. The van der Waals surface area contributed by atoms with E-state index in [4.69, 9.17) is 4.74 Å². The van der Waals surface area contributed by atoms with Crippen LogP contribution >= 0.6 is 11.8 Å². The summed E-state index contributed by atoms with van der Waals surface area (Å²) >= 11 is 0.392. The van der Waals surface area contributed by atoms with Crippen molar-refractivity contribution in [2.75, 3.05) is 25.0 Å². The second-order valence-corrected chi connectivity index (χ2v) is 6.48. The zero-order chi connectivity index (χ0) is 19.8. The summed E-state index contributed by atoms with van der Waals surface area (Å²) in [6, 6.07) is 5.30. The maximum absolute atomic E-state index is 12.2. The number of esters is 1. The molecule has 1 aromatic rings. The molecule has 8 nitrogen and oxygen atoms in total. The Labute approximate surface area is 157 Å². The van der Waals surface area contributed by atoms with Gasteiger partial charge in [0, 0.05) is 23.5 Å². The molecule has 0 atom stereocenters.